The number of aliphatic hydroxyl groups is 1. The first-order valence-electron chi connectivity index (χ1n) is 5.88. The van der Waals surface area contributed by atoms with Gasteiger partial charge in [-0.3, -0.25) is 0 Å². The fraction of sp³-hybridized carbons (Fsp3) is 1.00. The first kappa shape index (κ1) is 12.0. The molecule has 0 saturated heterocycles. The fourth-order valence-corrected chi connectivity index (χ4v) is 2.46. The van der Waals surface area contributed by atoms with Crippen molar-refractivity contribution < 1.29 is 9.84 Å². The van der Waals surface area contributed by atoms with Crippen LogP contribution in [-0.2, 0) is 4.74 Å². The molecule has 0 spiro atoms. The maximum Gasteiger partial charge on any atom is 0.0936 e. The zero-order valence-electron chi connectivity index (χ0n) is 9.75. The first-order valence-corrected chi connectivity index (χ1v) is 5.88. The highest BCUT2D eigenvalue weighted by molar-refractivity contribution is 4.92. The Morgan fingerprint density at radius 2 is 2.00 bits per heavy atom. The summed E-state index contributed by atoms with van der Waals surface area (Å²) in [6, 6.07) is 0. The van der Waals surface area contributed by atoms with Gasteiger partial charge in [-0.05, 0) is 38.0 Å². The Hall–Kier alpha value is -0.0800. The molecule has 2 heteroatoms. The van der Waals surface area contributed by atoms with Gasteiger partial charge in [0, 0.05) is 7.11 Å². The Bertz CT molecular complexity index is 160. The summed E-state index contributed by atoms with van der Waals surface area (Å²) in [5.74, 6) is 0.798. The van der Waals surface area contributed by atoms with E-state index in [1.54, 1.807) is 7.11 Å². The van der Waals surface area contributed by atoms with Gasteiger partial charge in [0.2, 0.25) is 0 Å². The highest BCUT2D eigenvalue weighted by Gasteiger charge is 2.39. The van der Waals surface area contributed by atoms with Gasteiger partial charge in [0.05, 0.1) is 11.7 Å². The van der Waals surface area contributed by atoms with Gasteiger partial charge in [-0.1, -0.05) is 20.3 Å². The summed E-state index contributed by atoms with van der Waals surface area (Å²) in [6.45, 7) is 4.39. The molecule has 0 aromatic rings. The van der Waals surface area contributed by atoms with Gasteiger partial charge in [-0.15, -0.1) is 0 Å². The molecular formula is C12H24O2. The van der Waals surface area contributed by atoms with Crippen molar-refractivity contribution in [2.24, 2.45) is 5.92 Å². The Labute approximate surface area is 87.7 Å². The average molecular weight is 200 g/mol. The van der Waals surface area contributed by atoms with Crippen LogP contribution in [0.4, 0.5) is 0 Å². The molecule has 1 N–H and O–H groups in total. The standard InChI is InChI=1S/C12H24O2/c1-4-5-11(13)12(14-3)8-6-10(2)7-9-12/h10-11,13H,4-9H2,1-3H3. The maximum absolute atomic E-state index is 10.1. The van der Waals surface area contributed by atoms with Crippen LogP contribution in [0.5, 0.6) is 0 Å². The van der Waals surface area contributed by atoms with Gasteiger partial charge >= 0.3 is 0 Å². The van der Waals surface area contributed by atoms with Crippen molar-refractivity contribution >= 4 is 0 Å². The third kappa shape index (κ3) is 2.48. The number of methoxy groups -OCH3 is 1. The molecule has 0 heterocycles. The topological polar surface area (TPSA) is 29.5 Å². The lowest BCUT2D eigenvalue weighted by Crippen LogP contribution is -2.46. The van der Waals surface area contributed by atoms with Crippen molar-refractivity contribution in [3.63, 3.8) is 0 Å². The van der Waals surface area contributed by atoms with E-state index in [-0.39, 0.29) is 11.7 Å². The highest BCUT2D eigenvalue weighted by Crippen LogP contribution is 2.37. The van der Waals surface area contributed by atoms with Crippen LogP contribution in [0.15, 0.2) is 0 Å². The van der Waals surface area contributed by atoms with Crippen LogP contribution >= 0.6 is 0 Å². The minimum absolute atomic E-state index is 0.234. The smallest absolute Gasteiger partial charge is 0.0936 e. The second-order valence-corrected chi connectivity index (χ2v) is 4.76. The van der Waals surface area contributed by atoms with Crippen molar-refractivity contribution in [3.05, 3.63) is 0 Å². The second-order valence-electron chi connectivity index (χ2n) is 4.76. The van der Waals surface area contributed by atoms with E-state index in [0.29, 0.717) is 0 Å². The SMILES string of the molecule is CCCC(O)C1(OC)CCC(C)CC1. The summed E-state index contributed by atoms with van der Waals surface area (Å²) in [6.07, 6.45) is 6.04. The monoisotopic (exact) mass is 200 g/mol. The zero-order valence-corrected chi connectivity index (χ0v) is 9.75. The lowest BCUT2D eigenvalue weighted by molar-refractivity contribution is -0.130. The summed E-state index contributed by atoms with van der Waals surface area (Å²) < 4.78 is 5.59. The Kier molecular flexibility index (Phi) is 4.39. The van der Waals surface area contributed by atoms with E-state index >= 15 is 0 Å². The van der Waals surface area contributed by atoms with Crippen molar-refractivity contribution in [2.45, 2.75) is 64.1 Å². The summed E-state index contributed by atoms with van der Waals surface area (Å²) in [5, 5.41) is 10.1. The van der Waals surface area contributed by atoms with Gasteiger partial charge < -0.3 is 9.84 Å². The first-order chi connectivity index (χ1) is 6.64. The molecule has 2 nitrogen and oxygen atoms in total. The molecule has 0 aromatic carbocycles. The Morgan fingerprint density at radius 1 is 1.43 bits per heavy atom. The Balaban J connectivity index is 2.57. The number of ether oxygens (including phenoxy) is 1. The fourth-order valence-electron chi connectivity index (χ4n) is 2.46. The van der Waals surface area contributed by atoms with Crippen LogP contribution in [0.1, 0.15) is 52.4 Å². The summed E-state index contributed by atoms with van der Waals surface area (Å²) in [5.41, 5.74) is -0.234. The normalized spacial score (nSPS) is 35.6. The molecule has 1 rings (SSSR count). The van der Waals surface area contributed by atoms with Crippen molar-refractivity contribution in [1.29, 1.82) is 0 Å². The van der Waals surface area contributed by atoms with E-state index in [0.717, 1.165) is 31.6 Å². The molecule has 1 fully saturated rings. The van der Waals surface area contributed by atoms with Crippen LogP contribution in [0.25, 0.3) is 0 Å². The largest absolute Gasteiger partial charge is 0.390 e. The van der Waals surface area contributed by atoms with E-state index in [9.17, 15) is 5.11 Å². The van der Waals surface area contributed by atoms with E-state index in [4.69, 9.17) is 4.74 Å². The maximum atomic E-state index is 10.1. The van der Waals surface area contributed by atoms with Gasteiger partial charge in [0.15, 0.2) is 0 Å². The van der Waals surface area contributed by atoms with Crippen LogP contribution in [-0.4, -0.2) is 23.9 Å². The van der Waals surface area contributed by atoms with Gasteiger partial charge in [-0.2, -0.15) is 0 Å². The van der Waals surface area contributed by atoms with Gasteiger partial charge in [-0.25, -0.2) is 0 Å². The van der Waals surface area contributed by atoms with Crippen molar-refractivity contribution in [1.82, 2.24) is 0 Å². The van der Waals surface area contributed by atoms with Crippen molar-refractivity contribution in [2.75, 3.05) is 7.11 Å². The molecule has 84 valence electrons. The molecule has 14 heavy (non-hydrogen) atoms. The van der Waals surface area contributed by atoms with E-state index < -0.39 is 0 Å². The van der Waals surface area contributed by atoms with Crippen LogP contribution in [0, 0.1) is 5.92 Å². The third-order valence-corrected chi connectivity index (χ3v) is 3.70. The van der Waals surface area contributed by atoms with Gasteiger partial charge in [0.1, 0.15) is 0 Å². The molecule has 0 radical (unpaired) electrons. The highest BCUT2D eigenvalue weighted by atomic mass is 16.5. The minimum atomic E-state index is -0.273. The van der Waals surface area contributed by atoms with E-state index in [1.807, 2.05) is 0 Å². The predicted octanol–water partition coefficient (Wildman–Crippen LogP) is 2.74. The van der Waals surface area contributed by atoms with Crippen LogP contribution in [0.2, 0.25) is 0 Å². The quantitative estimate of drug-likeness (QED) is 0.756. The minimum Gasteiger partial charge on any atom is -0.390 e. The summed E-state index contributed by atoms with van der Waals surface area (Å²) in [7, 11) is 1.74. The molecule has 1 aliphatic carbocycles. The molecular weight excluding hydrogens is 176 g/mol. The number of hydrogen-bond acceptors (Lipinski definition) is 2. The zero-order chi connectivity index (χ0) is 10.6. The lowest BCUT2D eigenvalue weighted by Gasteiger charge is -2.41. The summed E-state index contributed by atoms with van der Waals surface area (Å²) >= 11 is 0. The molecule has 0 aromatic heterocycles. The van der Waals surface area contributed by atoms with Gasteiger partial charge in [0.25, 0.3) is 0 Å². The third-order valence-electron chi connectivity index (χ3n) is 3.70. The predicted molar refractivity (Wildman–Crippen MR) is 58.3 cm³/mol. The van der Waals surface area contributed by atoms with Crippen LogP contribution in [0.3, 0.4) is 0 Å². The molecule has 0 bridgehead atoms. The Morgan fingerprint density at radius 3 is 2.43 bits per heavy atom. The molecule has 1 aliphatic rings. The number of hydrogen-bond donors (Lipinski definition) is 1. The molecule has 0 amide bonds. The number of aliphatic hydroxyl groups excluding tert-OH is 1. The van der Waals surface area contributed by atoms with Crippen molar-refractivity contribution in [3.8, 4) is 0 Å². The molecule has 0 aliphatic heterocycles. The van der Waals surface area contributed by atoms with E-state index in [1.165, 1.54) is 12.8 Å². The average Bonchev–Trinajstić information content (AvgIpc) is 2.20. The molecule has 1 atom stereocenters. The van der Waals surface area contributed by atoms with E-state index in [2.05, 4.69) is 13.8 Å². The number of rotatable bonds is 4. The second kappa shape index (κ2) is 5.13. The van der Waals surface area contributed by atoms with Crippen LogP contribution < -0.4 is 0 Å². The summed E-state index contributed by atoms with van der Waals surface area (Å²) in [4.78, 5) is 0. The molecule has 1 saturated carbocycles. The molecule has 1 unspecified atom stereocenters. The lowest BCUT2D eigenvalue weighted by atomic mass is 9.75.